The van der Waals surface area contributed by atoms with Crippen molar-refractivity contribution < 1.29 is 18.9 Å². The molecule has 3 heterocycles. The number of nitrogens with zero attached hydrogens (tertiary/aromatic N) is 2. The molecule has 7 heteroatoms. The summed E-state index contributed by atoms with van der Waals surface area (Å²) >= 11 is 0. The van der Waals surface area contributed by atoms with E-state index in [1.54, 1.807) is 13.3 Å². The lowest BCUT2D eigenvalue weighted by molar-refractivity contribution is -0.00461. The van der Waals surface area contributed by atoms with E-state index in [1.165, 1.54) is 0 Å². The highest BCUT2D eigenvalue weighted by Crippen LogP contribution is 2.24. The summed E-state index contributed by atoms with van der Waals surface area (Å²) in [5, 5.41) is 0. The zero-order chi connectivity index (χ0) is 17.1. The van der Waals surface area contributed by atoms with Gasteiger partial charge in [0.05, 0.1) is 39.1 Å². The van der Waals surface area contributed by atoms with Crippen molar-refractivity contribution in [2.75, 3.05) is 33.4 Å². The highest BCUT2D eigenvalue weighted by Gasteiger charge is 2.37. The molecular weight excluding hydrogens is 322 g/mol. The number of benzene rings is 1. The molecule has 0 spiro atoms. The van der Waals surface area contributed by atoms with Gasteiger partial charge >= 0.3 is 0 Å². The minimum absolute atomic E-state index is 0.0777. The van der Waals surface area contributed by atoms with Gasteiger partial charge in [-0.2, -0.15) is 0 Å². The van der Waals surface area contributed by atoms with Crippen LogP contribution in [-0.4, -0.2) is 66.6 Å². The second kappa shape index (κ2) is 7.43. The number of imidazole rings is 1. The van der Waals surface area contributed by atoms with Crippen LogP contribution in [0.5, 0.6) is 11.5 Å². The Morgan fingerprint density at radius 2 is 1.96 bits per heavy atom. The Bertz CT molecular complexity index is 663. The smallest absolute Gasteiger partial charge is 0.145 e. The Labute approximate surface area is 146 Å². The van der Waals surface area contributed by atoms with Crippen LogP contribution < -0.4 is 9.47 Å². The molecule has 0 aliphatic carbocycles. The molecule has 2 aliphatic rings. The number of aromatic amines is 1. The molecule has 1 aromatic carbocycles. The van der Waals surface area contributed by atoms with Crippen LogP contribution >= 0.6 is 0 Å². The Hall–Kier alpha value is -2.09. The Morgan fingerprint density at radius 1 is 1.20 bits per heavy atom. The van der Waals surface area contributed by atoms with E-state index in [-0.39, 0.29) is 18.3 Å². The molecule has 0 amide bonds. The first-order valence-electron chi connectivity index (χ1n) is 8.54. The minimum Gasteiger partial charge on any atom is -0.497 e. The van der Waals surface area contributed by atoms with Gasteiger partial charge in [-0.25, -0.2) is 4.98 Å². The summed E-state index contributed by atoms with van der Waals surface area (Å²) in [5.41, 5.74) is 0. The maximum atomic E-state index is 6.06. The summed E-state index contributed by atoms with van der Waals surface area (Å²) in [4.78, 5) is 9.72. The van der Waals surface area contributed by atoms with Crippen molar-refractivity contribution in [2.45, 2.75) is 24.9 Å². The minimum atomic E-state index is -0.115. The van der Waals surface area contributed by atoms with E-state index in [0.717, 1.165) is 37.0 Å². The molecule has 2 aromatic rings. The summed E-state index contributed by atoms with van der Waals surface area (Å²) in [5.74, 6) is 2.51. The maximum Gasteiger partial charge on any atom is 0.145 e. The van der Waals surface area contributed by atoms with E-state index in [2.05, 4.69) is 14.9 Å². The average Bonchev–Trinajstić information content (AvgIpc) is 3.24. The lowest BCUT2D eigenvalue weighted by Gasteiger charge is -2.19. The maximum absolute atomic E-state index is 6.06. The third-order valence-electron chi connectivity index (χ3n) is 4.56. The lowest BCUT2D eigenvalue weighted by Crippen LogP contribution is -2.29. The van der Waals surface area contributed by atoms with Crippen LogP contribution in [0, 0.1) is 0 Å². The predicted octanol–water partition coefficient (Wildman–Crippen LogP) is 1.47. The monoisotopic (exact) mass is 345 g/mol. The fourth-order valence-electron chi connectivity index (χ4n) is 3.31. The molecule has 0 saturated carbocycles. The van der Waals surface area contributed by atoms with Crippen molar-refractivity contribution in [3.63, 3.8) is 0 Å². The fourth-order valence-corrected chi connectivity index (χ4v) is 3.31. The highest BCUT2D eigenvalue weighted by molar-refractivity contribution is 5.33. The van der Waals surface area contributed by atoms with E-state index in [9.17, 15) is 0 Å². The summed E-state index contributed by atoms with van der Waals surface area (Å²) < 4.78 is 23.4. The van der Waals surface area contributed by atoms with Crippen LogP contribution in [0.3, 0.4) is 0 Å². The van der Waals surface area contributed by atoms with Gasteiger partial charge < -0.3 is 23.9 Å². The van der Waals surface area contributed by atoms with Gasteiger partial charge in [0.2, 0.25) is 0 Å². The van der Waals surface area contributed by atoms with E-state index in [0.29, 0.717) is 13.2 Å². The van der Waals surface area contributed by atoms with Gasteiger partial charge in [0.25, 0.3) is 0 Å². The number of methoxy groups -OCH3 is 1. The second-order valence-electron chi connectivity index (χ2n) is 6.39. The summed E-state index contributed by atoms with van der Waals surface area (Å²) in [7, 11) is 1.65. The number of aromatic nitrogens is 2. The first-order chi connectivity index (χ1) is 12.3. The Morgan fingerprint density at radius 3 is 2.64 bits per heavy atom. The summed E-state index contributed by atoms with van der Waals surface area (Å²) in [6, 6.07) is 7.59. The van der Waals surface area contributed by atoms with Gasteiger partial charge in [-0.3, -0.25) is 4.90 Å². The van der Waals surface area contributed by atoms with E-state index >= 15 is 0 Å². The molecule has 0 bridgehead atoms. The van der Waals surface area contributed by atoms with Gasteiger partial charge in [-0.1, -0.05) is 6.07 Å². The summed E-state index contributed by atoms with van der Waals surface area (Å²) in [6.45, 7) is 3.52. The first-order valence-corrected chi connectivity index (χ1v) is 8.54. The van der Waals surface area contributed by atoms with E-state index in [1.807, 2.05) is 30.5 Å². The van der Waals surface area contributed by atoms with Crippen molar-refractivity contribution >= 4 is 0 Å². The molecule has 2 aliphatic heterocycles. The molecule has 2 atom stereocenters. The van der Waals surface area contributed by atoms with Crippen LogP contribution in [0.15, 0.2) is 36.7 Å². The molecular formula is C18H23N3O4. The van der Waals surface area contributed by atoms with Crippen LogP contribution in [0.2, 0.25) is 0 Å². The van der Waals surface area contributed by atoms with Crippen LogP contribution in [-0.2, 0) is 16.0 Å². The number of H-pyrrole nitrogens is 1. The molecule has 25 heavy (non-hydrogen) atoms. The molecule has 2 fully saturated rings. The van der Waals surface area contributed by atoms with Gasteiger partial charge in [-0.15, -0.1) is 0 Å². The molecule has 4 rings (SSSR count). The van der Waals surface area contributed by atoms with Crippen molar-refractivity contribution in [3.05, 3.63) is 42.5 Å². The van der Waals surface area contributed by atoms with Gasteiger partial charge in [-0.05, 0) is 12.1 Å². The number of likely N-dealkylation sites (tertiary alicyclic amines) is 1. The van der Waals surface area contributed by atoms with Crippen LogP contribution in [0.4, 0.5) is 0 Å². The van der Waals surface area contributed by atoms with Crippen molar-refractivity contribution in [3.8, 4) is 11.5 Å². The van der Waals surface area contributed by atoms with Crippen LogP contribution in [0.25, 0.3) is 0 Å². The number of hydrogen-bond donors (Lipinski definition) is 1. The van der Waals surface area contributed by atoms with Gasteiger partial charge in [0.1, 0.15) is 23.4 Å². The topological polar surface area (TPSA) is 68.8 Å². The zero-order valence-corrected chi connectivity index (χ0v) is 14.3. The largest absolute Gasteiger partial charge is 0.497 e. The molecule has 0 unspecified atom stereocenters. The standard InChI is InChI=1S/C18H23N3O4/c1-22-13-3-2-4-14(7-13)25-15-11-23-16-8-21(9-17(16)24-12-15)10-18-19-5-6-20-18/h2-7,15-17H,8-12H2,1H3,(H,19,20)/t16-,17-/m0/s1. The normalized spacial score (nSPS) is 24.7. The zero-order valence-electron chi connectivity index (χ0n) is 14.3. The van der Waals surface area contributed by atoms with Gasteiger partial charge in [0, 0.05) is 31.5 Å². The first kappa shape index (κ1) is 16.4. The third kappa shape index (κ3) is 3.95. The number of rotatable bonds is 5. The second-order valence-corrected chi connectivity index (χ2v) is 6.39. The number of ether oxygens (including phenoxy) is 4. The molecule has 1 aromatic heterocycles. The van der Waals surface area contributed by atoms with Crippen molar-refractivity contribution in [2.24, 2.45) is 0 Å². The molecule has 0 radical (unpaired) electrons. The average molecular weight is 345 g/mol. The van der Waals surface area contributed by atoms with Gasteiger partial charge in [0.15, 0.2) is 0 Å². The molecule has 2 saturated heterocycles. The SMILES string of the molecule is COc1cccc(OC2CO[C@H]3CN(Cc4ncc[nH]4)C[C@@H]3OC2)c1. The molecule has 1 N–H and O–H groups in total. The lowest BCUT2D eigenvalue weighted by atomic mass is 10.3. The van der Waals surface area contributed by atoms with Crippen molar-refractivity contribution in [1.29, 1.82) is 0 Å². The Kier molecular flexibility index (Phi) is 4.87. The third-order valence-corrected chi connectivity index (χ3v) is 4.56. The molecule has 7 nitrogen and oxygen atoms in total. The van der Waals surface area contributed by atoms with E-state index in [4.69, 9.17) is 18.9 Å². The Balaban J connectivity index is 1.31. The molecule has 134 valence electrons. The predicted molar refractivity (Wildman–Crippen MR) is 90.8 cm³/mol. The highest BCUT2D eigenvalue weighted by atomic mass is 16.6. The summed E-state index contributed by atoms with van der Waals surface area (Å²) in [6.07, 6.45) is 3.66. The quantitative estimate of drug-likeness (QED) is 0.885. The van der Waals surface area contributed by atoms with Crippen molar-refractivity contribution in [1.82, 2.24) is 14.9 Å². The number of nitrogens with one attached hydrogen (secondary N) is 1. The number of hydrogen-bond acceptors (Lipinski definition) is 6. The number of fused-ring (bicyclic) bond motifs is 1. The fraction of sp³-hybridized carbons (Fsp3) is 0.500. The van der Waals surface area contributed by atoms with E-state index < -0.39 is 0 Å². The van der Waals surface area contributed by atoms with Crippen LogP contribution in [0.1, 0.15) is 5.82 Å².